The Labute approximate surface area is 136 Å². The molecule has 1 aliphatic rings. The molecule has 1 aliphatic heterocycles. The van der Waals surface area contributed by atoms with Crippen molar-refractivity contribution in [2.45, 2.75) is 19.3 Å². The molecule has 6 nitrogen and oxygen atoms in total. The second-order valence-corrected chi connectivity index (χ2v) is 6.15. The molecular formula is C17H23N3O3. The molecule has 0 bridgehead atoms. The second-order valence-electron chi connectivity index (χ2n) is 6.15. The molecule has 0 aliphatic carbocycles. The van der Waals surface area contributed by atoms with Gasteiger partial charge in [-0.3, -0.25) is 9.48 Å². The van der Waals surface area contributed by atoms with Gasteiger partial charge in [0.15, 0.2) is 0 Å². The Morgan fingerprint density at radius 1 is 1.48 bits per heavy atom. The maximum absolute atomic E-state index is 13.0. The summed E-state index contributed by atoms with van der Waals surface area (Å²) in [5.74, 6) is 0.442. The largest absolute Gasteiger partial charge is 0.472 e. The average Bonchev–Trinajstić information content (AvgIpc) is 3.13. The number of methoxy groups -OCH3 is 1. The lowest BCUT2D eigenvalue weighted by Crippen LogP contribution is -2.35. The summed E-state index contributed by atoms with van der Waals surface area (Å²) in [5, 5.41) is 4.43. The van der Waals surface area contributed by atoms with Crippen LogP contribution < -0.4 is 0 Å². The molecule has 2 aromatic heterocycles. The highest BCUT2D eigenvalue weighted by molar-refractivity contribution is 5.99. The third kappa shape index (κ3) is 3.47. The van der Waals surface area contributed by atoms with E-state index in [2.05, 4.69) is 5.10 Å². The molecule has 0 spiro atoms. The van der Waals surface area contributed by atoms with Crippen LogP contribution in [0.3, 0.4) is 0 Å². The summed E-state index contributed by atoms with van der Waals surface area (Å²) in [5.41, 5.74) is 2.14. The molecule has 3 rings (SSSR count). The van der Waals surface area contributed by atoms with Crippen molar-refractivity contribution in [3.8, 4) is 11.3 Å². The van der Waals surface area contributed by atoms with Crippen LogP contribution in [0.2, 0.25) is 0 Å². The first-order valence-electron chi connectivity index (χ1n) is 8.03. The minimum atomic E-state index is 0.0392. The van der Waals surface area contributed by atoms with E-state index >= 15 is 0 Å². The van der Waals surface area contributed by atoms with E-state index in [1.807, 2.05) is 18.0 Å². The van der Waals surface area contributed by atoms with Crippen molar-refractivity contribution in [1.29, 1.82) is 0 Å². The van der Waals surface area contributed by atoms with Crippen LogP contribution in [0.25, 0.3) is 11.3 Å². The first kappa shape index (κ1) is 15.8. The lowest BCUT2D eigenvalue weighted by molar-refractivity contribution is 0.0697. The number of carbonyl (C=O) groups excluding carboxylic acids is 1. The number of nitrogens with zero attached hydrogens (tertiary/aromatic N) is 3. The van der Waals surface area contributed by atoms with Crippen LogP contribution in [0.15, 0.2) is 29.2 Å². The van der Waals surface area contributed by atoms with Gasteiger partial charge in [0, 0.05) is 39.0 Å². The van der Waals surface area contributed by atoms with E-state index in [9.17, 15) is 4.79 Å². The van der Waals surface area contributed by atoms with E-state index in [4.69, 9.17) is 9.15 Å². The van der Waals surface area contributed by atoms with Gasteiger partial charge in [0.2, 0.25) is 0 Å². The molecule has 124 valence electrons. The molecule has 1 amide bonds. The molecule has 1 unspecified atom stereocenters. The number of ether oxygens (including phenoxy) is 1. The number of carbonyl (C=O) groups is 1. The molecule has 2 aromatic rings. The maximum atomic E-state index is 13.0. The van der Waals surface area contributed by atoms with Gasteiger partial charge in [-0.05, 0) is 24.8 Å². The highest BCUT2D eigenvalue weighted by atomic mass is 16.5. The fraction of sp³-hybridized carbons (Fsp3) is 0.529. The Morgan fingerprint density at radius 3 is 3.09 bits per heavy atom. The van der Waals surface area contributed by atoms with Gasteiger partial charge in [0.25, 0.3) is 5.91 Å². The molecule has 1 saturated heterocycles. The molecule has 1 atom stereocenters. The number of aromatic nitrogens is 2. The number of hydrogen-bond acceptors (Lipinski definition) is 4. The Hall–Kier alpha value is -2.08. The molecule has 1 fully saturated rings. The maximum Gasteiger partial charge on any atom is 0.257 e. The zero-order valence-electron chi connectivity index (χ0n) is 13.7. The summed E-state index contributed by atoms with van der Waals surface area (Å²) in [4.78, 5) is 15.0. The Kier molecular flexibility index (Phi) is 4.81. The molecule has 23 heavy (non-hydrogen) atoms. The number of amides is 1. The third-order valence-electron chi connectivity index (χ3n) is 4.31. The van der Waals surface area contributed by atoms with Gasteiger partial charge >= 0.3 is 0 Å². The number of hydrogen-bond donors (Lipinski definition) is 0. The summed E-state index contributed by atoms with van der Waals surface area (Å²) in [6, 6.07) is 1.83. The Bertz CT molecular complexity index is 648. The van der Waals surface area contributed by atoms with Gasteiger partial charge in [0.05, 0.1) is 24.7 Å². The summed E-state index contributed by atoms with van der Waals surface area (Å²) in [7, 11) is 3.55. The smallest absolute Gasteiger partial charge is 0.257 e. The number of likely N-dealkylation sites (tertiary alicyclic amines) is 1. The first-order valence-corrected chi connectivity index (χ1v) is 8.03. The van der Waals surface area contributed by atoms with Crippen LogP contribution in [0.4, 0.5) is 0 Å². The molecule has 0 N–H and O–H groups in total. The van der Waals surface area contributed by atoms with Gasteiger partial charge in [-0.15, -0.1) is 0 Å². The number of furan rings is 1. The normalized spacial score (nSPS) is 18.9. The SMILES string of the molecule is COCC1CCCCN(C(=O)c2cn(C)nc2-c2ccoc2)C1. The van der Waals surface area contributed by atoms with Crippen molar-refractivity contribution in [3.63, 3.8) is 0 Å². The summed E-state index contributed by atoms with van der Waals surface area (Å²) in [6.07, 6.45) is 8.29. The van der Waals surface area contributed by atoms with Crippen LogP contribution in [-0.2, 0) is 11.8 Å². The van der Waals surface area contributed by atoms with Crippen molar-refractivity contribution in [2.24, 2.45) is 13.0 Å². The first-order chi connectivity index (χ1) is 11.2. The van der Waals surface area contributed by atoms with Crippen molar-refractivity contribution in [2.75, 3.05) is 26.8 Å². The number of aryl methyl sites for hydroxylation is 1. The van der Waals surface area contributed by atoms with Gasteiger partial charge in [0.1, 0.15) is 5.69 Å². The van der Waals surface area contributed by atoms with Crippen molar-refractivity contribution in [3.05, 3.63) is 30.4 Å². The van der Waals surface area contributed by atoms with Crippen LogP contribution in [0.1, 0.15) is 29.6 Å². The van der Waals surface area contributed by atoms with Crippen molar-refractivity contribution < 1.29 is 13.9 Å². The summed E-state index contributed by atoms with van der Waals surface area (Å²) in [6.45, 7) is 2.23. The Balaban J connectivity index is 1.85. The lowest BCUT2D eigenvalue weighted by atomic mass is 10.0. The third-order valence-corrected chi connectivity index (χ3v) is 4.31. The van der Waals surface area contributed by atoms with E-state index in [-0.39, 0.29) is 5.91 Å². The van der Waals surface area contributed by atoms with Crippen molar-refractivity contribution in [1.82, 2.24) is 14.7 Å². The van der Waals surface area contributed by atoms with Gasteiger partial charge in [-0.25, -0.2) is 0 Å². The number of rotatable bonds is 4. The van der Waals surface area contributed by atoms with Gasteiger partial charge in [-0.2, -0.15) is 5.10 Å². The van der Waals surface area contributed by atoms with Crippen LogP contribution in [0.5, 0.6) is 0 Å². The van der Waals surface area contributed by atoms with Gasteiger partial charge in [-0.1, -0.05) is 6.42 Å². The quantitative estimate of drug-likeness (QED) is 0.869. The highest BCUT2D eigenvalue weighted by Gasteiger charge is 2.26. The molecule has 3 heterocycles. The van der Waals surface area contributed by atoms with Crippen LogP contribution in [-0.4, -0.2) is 47.4 Å². The van der Waals surface area contributed by atoms with E-state index in [0.717, 1.165) is 37.9 Å². The van der Waals surface area contributed by atoms with Gasteiger partial charge < -0.3 is 14.1 Å². The van der Waals surface area contributed by atoms with E-state index in [0.29, 0.717) is 23.8 Å². The monoisotopic (exact) mass is 317 g/mol. The summed E-state index contributed by atoms with van der Waals surface area (Å²) >= 11 is 0. The predicted octanol–water partition coefficient (Wildman–Crippen LogP) is 2.57. The van der Waals surface area contributed by atoms with Crippen LogP contribution in [0, 0.1) is 5.92 Å². The molecular weight excluding hydrogens is 294 g/mol. The van der Waals surface area contributed by atoms with E-state index < -0.39 is 0 Å². The zero-order chi connectivity index (χ0) is 16.2. The Morgan fingerprint density at radius 2 is 2.35 bits per heavy atom. The van der Waals surface area contributed by atoms with E-state index in [1.165, 1.54) is 0 Å². The van der Waals surface area contributed by atoms with Crippen molar-refractivity contribution >= 4 is 5.91 Å². The molecule has 0 aromatic carbocycles. The molecule has 0 saturated carbocycles. The van der Waals surface area contributed by atoms with Crippen LogP contribution >= 0.6 is 0 Å². The average molecular weight is 317 g/mol. The zero-order valence-corrected chi connectivity index (χ0v) is 13.7. The topological polar surface area (TPSA) is 60.5 Å². The van der Waals surface area contributed by atoms with E-state index in [1.54, 1.807) is 30.5 Å². The fourth-order valence-electron chi connectivity index (χ4n) is 3.21. The highest BCUT2D eigenvalue weighted by Crippen LogP contribution is 2.25. The standard InChI is InChI=1S/C17H23N3O3/c1-19-10-15(16(18-19)14-6-8-23-12-14)17(21)20-7-4-3-5-13(9-20)11-22-2/h6,8,10,12-13H,3-5,7,9,11H2,1-2H3. The molecule has 6 heteroatoms. The minimum Gasteiger partial charge on any atom is -0.472 e. The minimum absolute atomic E-state index is 0.0392. The second kappa shape index (κ2) is 7.00. The predicted molar refractivity (Wildman–Crippen MR) is 86.0 cm³/mol. The summed E-state index contributed by atoms with van der Waals surface area (Å²) < 4.78 is 12.1. The molecule has 0 radical (unpaired) electrons. The fourth-order valence-corrected chi connectivity index (χ4v) is 3.21. The lowest BCUT2D eigenvalue weighted by Gasteiger charge is -2.24.